The molecule has 0 saturated heterocycles. The van der Waals surface area contributed by atoms with Gasteiger partial charge in [-0.2, -0.15) is 0 Å². The number of hydrogen-bond acceptors (Lipinski definition) is 2. The first-order valence-corrected chi connectivity index (χ1v) is 4.89. The van der Waals surface area contributed by atoms with Crippen molar-refractivity contribution in [3.8, 4) is 0 Å². The van der Waals surface area contributed by atoms with Gasteiger partial charge in [0.05, 0.1) is 0 Å². The van der Waals surface area contributed by atoms with Gasteiger partial charge in [-0.15, -0.1) is 0 Å². The van der Waals surface area contributed by atoms with Crippen LogP contribution in [0.15, 0.2) is 18.2 Å². The van der Waals surface area contributed by atoms with E-state index >= 15 is 0 Å². The van der Waals surface area contributed by atoms with Crippen LogP contribution in [0.3, 0.4) is 0 Å². The predicted octanol–water partition coefficient (Wildman–Crippen LogP) is 1.78. The van der Waals surface area contributed by atoms with E-state index in [1.807, 2.05) is 24.9 Å². The zero-order chi connectivity index (χ0) is 10.6. The van der Waals surface area contributed by atoms with E-state index in [9.17, 15) is 4.39 Å². The molecule has 0 aliphatic carbocycles. The van der Waals surface area contributed by atoms with Crippen LogP contribution in [0.5, 0.6) is 0 Å². The van der Waals surface area contributed by atoms with Crippen molar-refractivity contribution in [3.63, 3.8) is 0 Å². The first-order valence-electron chi connectivity index (χ1n) is 4.89. The average molecular weight is 196 g/mol. The van der Waals surface area contributed by atoms with Crippen molar-refractivity contribution in [2.45, 2.75) is 13.3 Å². The minimum absolute atomic E-state index is 0.159. The Morgan fingerprint density at radius 1 is 1.43 bits per heavy atom. The number of anilines is 1. The van der Waals surface area contributed by atoms with Gasteiger partial charge in [-0.1, -0.05) is 6.07 Å². The molecule has 0 atom stereocenters. The predicted molar refractivity (Wildman–Crippen MR) is 58.1 cm³/mol. The molecule has 0 radical (unpaired) electrons. The van der Waals surface area contributed by atoms with Gasteiger partial charge >= 0.3 is 0 Å². The maximum Gasteiger partial charge on any atom is 0.128 e. The maximum atomic E-state index is 13.5. The van der Waals surface area contributed by atoms with Crippen LogP contribution in [-0.4, -0.2) is 20.1 Å². The monoisotopic (exact) mass is 196 g/mol. The maximum absolute atomic E-state index is 13.5. The first kappa shape index (κ1) is 11.0. The van der Waals surface area contributed by atoms with Gasteiger partial charge in [-0.3, -0.25) is 0 Å². The van der Waals surface area contributed by atoms with E-state index in [1.165, 1.54) is 6.07 Å². The standard InChI is InChI=1S/C11H17FN2/c1-3-14(2)11-6-4-5-10(12)9(11)7-8-13/h4-6H,3,7-8,13H2,1-2H3. The van der Waals surface area contributed by atoms with E-state index in [0.717, 1.165) is 17.8 Å². The largest absolute Gasteiger partial charge is 0.375 e. The SMILES string of the molecule is CCN(C)c1cccc(F)c1CCN. The quantitative estimate of drug-likeness (QED) is 0.795. The Labute approximate surface area is 84.5 Å². The summed E-state index contributed by atoms with van der Waals surface area (Å²) in [6.07, 6.45) is 0.590. The van der Waals surface area contributed by atoms with E-state index in [4.69, 9.17) is 5.73 Å². The van der Waals surface area contributed by atoms with Crippen LogP contribution in [0.4, 0.5) is 10.1 Å². The third kappa shape index (κ3) is 2.23. The highest BCUT2D eigenvalue weighted by Gasteiger charge is 2.09. The molecule has 2 nitrogen and oxygen atoms in total. The fraction of sp³-hybridized carbons (Fsp3) is 0.455. The van der Waals surface area contributed by atoms with Gasteiger partial charge in [0.25, 0.3) is 0 Å². The number of rotatable bonds is 4. The zero-order valence-electron chi connectivity index (χ0n) is 8.76. The Morgan fingerprint density at radius 2 is 2.14 bits per heavy atom. The van der Waals surface area contributed by atoms with Gasteiger partial charge in [0.15, 0.2) is 0 Å². The highest BCUT2D eigenvalue weighted by atomic mass is 19.1. The number of benzene rings is 1. The lowest BCUT2D eigenvalue weighted by atomic mass is 10.1. The van der Waals surface area contributed by atoms with Crippen molar-refractivity contribution in [2.75, 3.05) is 25.0 Å². The summed E-state index contributed by atoms with van der Waals surface area (Å²) in [4.78, 5) is 2.02. The second-order valence-corrected chi connectivity index (χ2v) is 3.29. The number of halogens is 1. The molecule has 0 saturated carbocycles. The fourth-order valence-corrected chi connectivity index (χ4v) is 1.47. The summed E-state index contributed by atoms with van der Waals surface area (Å²) in [6.45, 7) is 3.38. The van der Waals surface area contributed by atoms with E-state index in [-0.39, 0.29) is 5.82 Å². The fourth-order valence-electron chi connectivity index (χ4n) is 1.47. The second kappa shape index (κ2) is 4.96. The molecule has 1 aromatic rings. The van der Waals surface area contributed by atoms with Gasteiger partial charge in [0, 0.05) is 24.8 Å². The lowest BCUT2D eigenvalue weighted by Crippen LogP contribution is -2.19. The van der Waals surface area contributed by atoms with Gasteiger partial charge in [-0.05, 0) is 32.0 Å². The van der Waals surface area contributed by atoms with E-state index in [2.05, 4.69) is 0 Å². The molecule has 1 aromatic carbocycles. The molecule has 0 fully saturated rings. The van der Waals surface area contributed by atoms with Crippen molar-refractivity contribution >= 4 is 5.69 Å². The van der Waals surface area contributed by atoms with Crippen LogP contribution >= 0.6 is 0 Å². The molecule has 0 heterocycles. The smallest absolute Gasteiger partial charge is 0.128 e. The van der Waals surface area contributed by atoms with Gasteiger partial charge in [0.1, 0.15) is 5.82 Å². The van der Waals surface area contributed by atoms with Crippen molar-refractivity contribution in [1.82, 2.24) is 0 Å². The van der Waals surface area contributed by atoms with Crippen LogP contribution in [0, 0.1) is 5.82 Å². The Kier molecular flexibility index (Phi) is 3.89. The third-order valence-electron chi connectivity index (χ3n) is 2.37. The van der Waals surface area contributed by atoms with E-state index < -0.39 is 0 Å². The zero-order valence-corrected chi connectivity index (χ0v) is 8.76. The second-order valence-electron chi connectivity index (χ2n) is 3.29. The first-order chi connectivity index (χ1) is 6.70. The minimum atomic E-state index is -0.159. The number of hydrogen-bond donors (Lipinski definition) is 1. The lowest BCUT2D eigenvalue weighted by Gasteiger charge is -2.20. The normalized spacial score (nSPS) is 10.3. The summed E-state index contributed by atoms with van der Waals surface area (Å²) in [5.74, 6) is -0.159. The molecule has 2 N–H and O–H groups in total. The van der Waals surface area contributed by atoms with Crippen molar-refractivity contribution < 1.29 is 4.39 Å². The van der Waals surface area contributed by atoms with Gasteiger partial charge < -0.3 is 10.6 Å². The molecule has 0 bridgehead atoms. The van der Waals surface area contributed by atoms with E-state index in [1.54, 1.807) is 6.07 Å². The molecule has 78 valence electrons. The van der Waals surface area contributed by atoms with Crippen LogP contribution in [0.1, 0.15) is 12.5 Å². The van der Waals surface area contributed by atoms with Crippen LogP contribution in [-0.2, 0) is 6.42 Å². The highest BCUT2D eigenvalue weighted by Crippen LogP contribution is 2.22. The molecule has 0 unspecified atom stereocenters. The summed E-state index contributed by atoms with van der Waals surface area (Å²) in [7, 11) is 1.95. The highest BCUT2D eigenvalue weighted by molar-refractivity contribution is 5.53. The van der Waals surface area contributed by atoms with Crippen molar-refractivity contribution in [1.29, 1.82) is 0 Å². The summed E-state index contributed by atoms with van der Waals surface area (Å²) in [6, 6.07) is 5.15. The van der Waals surface area contributed by atoms with Crippen LogP contribution < -0.4 is 10.6 Å². The molecule has 14 heavy (non-hydrogen) atoms. The molecule has 1 rings (SSSR count). The molecular formula is C11H17FN2. The number of nitrogens with two attached hydrogens (primary N) is 1. The van der Waals surface area contributed by atoms with Crippen molar-refractivity contribution in [3.05, 3.63) is 29.6 Å². The molecule has 0 amide bonds. The Morgan fingerprint density at radius 3 is 2.71 bits per heavy atom. The lowest BCUT2D eigenvalue weighted by molar-refractivity contribution is 0.609. The number of nitrogens with zero attached hydrogens (tertiary/aromatic N) is 1. The average Bonchev–Trinajstić information content (AvgIpc) is 2.20. The van der Waals surface area contributed by atoms with E-state index in [0.29, 0.717) is 13.0 Å². The summed E-state index contributed by atoms with van der Waals surface area (Å²) < 4.78 is 13.5. The Hall–Kier alpha value is -1.09. The molecule has 0 aliphatic heterocycles. The summed E-state index contributed by atoms with van der Waals surface area (Å²) in [5, 5.41) is 0. The molecule has 3 heteroatoms. The topological polar surface area (TPSA) is 29.3 Å². The van der Waals surface area contributed by atoms with Gasteiger partial charge in [0.2, 0.25) is 0 Å². The minimum Gasteiger partial charge on any atom is -0.375 e. The third-order valence-corrected chi connectivity index (χ3v) is 2.37. The summed E-state index contributed by atoms with van der Waals surface area (Å²) in [5.41, 5.74) is 7.12. The van der Waals surface area contributed by atoms with Crippen LogP contribution in [0.2, 0.25) is 0 Å². The van der Waals surface area contributed by atoms with Gasteiger partial charge in [-0.25, -0.2) is 4.39 Å². The molecule has 0 spiro atoms. The van der Waals surface area contributed by atoms with Crippen molar-refractivity contribution in [2.24, 2.45) is 5.73 Å². The molecule has 0 aromatic heterocycles. The Balaban J connectivity index is 3.07. The molecular weight excluding hydrogens is 179 g/mol. The Bertz CT molecular complexity index is 299. The van der Waals surface area contributed by atoms with Crippen LogP contribution in [0.25, 0.3) is 0 Å². The molecule has 0 aliphatic rings. The summed E-state index contributed by atoms with van der Waals surface area (Å²) >= 11 is 0.